The average molecular weight is 467 g/mol. The fourth-order valence-corrected chi connectivity index (χ4v) is 4.72. The number of benzene rings is 2. The lowest BCUT2D eigenvalue weighted by Crippen LogP contribution is -2.27. The van der Waals surface area contributed by atoms with E-state index in [0.29, 0.717) is 17.1 Å². The molecule has 0 saturated heterocycles. The van der Waals surface area contributed by atoms with Crippen LogP contribution >= 0.6 is 22.9 Å². The SMILES string of the molecule is COc1ccccc1N(C)S(=O)(=O)c1ccc(Cl)c(C(=O)OCc2csc(C)n2)c1. The number of aryl methyl sites for hydroxylation is 1. The Labute approximate surface area is 183 Å². The Balaban J connectivity index is 1.88. The minimum Gasteiger partial charge on any atom is -0.495 e. The van der Waals surface area contributed by atoms with E-state index < -0.39 is 16.0 Å². The van der Waals surface area contributed by atoms with E-state index in [1.165, 1.54) is 43.7 Å². The van der Waals surface area contributed by atoms with Gasteiger partial charge in [-0.1, -0.05) is 23.7 Å². The van der Waals surface area contributed by atoms with E-state index >= 15 is 0 Å². The summed E-state index contributed by atoms with van der Waals surface area (Å²) in [6, 6.07) is 10.6. The van der Waals surface area contributed by atoms with Gasteiger partial charge in [-0.15, -0.1) is 11.3 Å². The molecular weight excluding hydrogens is 448 g/mol. The van der Waals surface area contributed by atoms with Gasteiger partial charge in [0.25, 0.3) is 10.0 Å². The summed E-state index contributed by atoms with van der Waals surface area (Å²) in [5, 5.41) is 2.73. The maximum atomic E-state index is 13.1. The third-order valence-electron chi connectivity index (χ3n) is 4.26. The van der Waals surface area contributed by atoms with Crippen LogP contribution in [0.25, 0.3) is 0 Å². The summed E-state index contributed by atoms with van der Waals surface area (Å²) < 4.78 is 37.9. The number of methoxy groups -OCH3 is 1. The van der Waals surface area contributed by atoms with Crippen molar-refractivity contribution in [2.75, 3.05) is 18.5 Å². The van der Waals surface area contributed by atoms with Crippen LogP contribution in [0.2, 0.25) is 5.02 Å². The van der Waals surface area contributed by atoms with Crippen molar-refractivity contribution in [2.24, 2.45) is 0 Å². The number of esters is 1. The van der Waals surface area contributed by atoms with E-state index in [0.717, 1.165) is 9.31 Å². The van der Waals surface area contributed by atoms with Crippen LogP contribution < -0.4 is 9.04 Å². The molecule has 7 nitrogen and oxygen atoms in total. The van der Waals surface area contributed by atoms with Crippen LogP contribution in [-0.2, 0) is 21.4 Å². The highest BCUT2D eigenvalue weighted by Gasteiger charge is 2.26. The summed E-state index contributed by atoms with van der Waals surface area (Å²) in [4.78, 5) is 16.6. The lowest BCUT2D eigenvalue weighted by atomic mass is 10.2. The van der Waals surface area contributed by atoms with Crippen LogP contribution in [0.1, 0.15) is 21.1 Å². The van der Waals surface area contributed by atoms with Crippen LogP contribution in [0.3, 0.4) is 0 Å². The van der Waals surface area contributed by atoms with Gasteiger partial charge in [-0.2, -0.15) is 0 Å². The van der Waals surface area contributed by atoms with Gasteiger partial charge in [0.1, 0.15) is 12.4 Å². The number of sulfonamides is 1. The summed E-state index contributed by atoms with van der Waals surface area (Å²) >= 11 is 7.57. The largest absolute Gasteiger partial charge is 0.495 e. The molecule has 0 spiro atoms. The van der Waals surface area contributed by atoms with Gasteiger partial charge in [-0.3, -0.25) is 4.31 Å². The van der Waals surface area contributed by atoms with E-state index in [4.69, 9.17) is 21.1 Å². The predicted molar refractivity (Wildman–Crippen MR) is 116 cm³/mol. The molecule has 0 fully saturated rings. The van der Waals surface area contributed by atoms with Crippen molar-refractivity contribution in [1.82, 2.24) is 4.98 Å². The second-order valence-corrected chi connectivity index (χ2v) is 9.66. The first-order chi connectivity index (χ1) is 14.2. The zero-order valence-electron chi connectivity index (χ0n) is 16.5. The lowest BCUT2D eigenvalue weighted by molar-refractivity contribution is 0.0468. The molecule has 0 bridgehead atoms. The molecule has 0 aliphatic rings. The number of carbonyl (C=O) groups is 1. The van der Waals surface area contributed by atoms with Crippen LogP contribution in [0.15, 0.2) is 52.7 Å². The predicted octanol–water partition coefficient (Wildman–Crippen LogP) is 4.30. The molecule has 3 aromatic rings. The second-order valence-electron chi connectivity index (χ2n) is 6.22. The van der Waals surface area contributed by atoms with Gasteiger partial charge in [-0.05, 0) is 37.3 Å². The Hall–Kier alpha value is -2.62. The third kappa shape index (κ3) is 4.58. The van der Waals surface area contributed by atoms with Crippen molar-refractivity contribution in [3.05, 3.63) is 69.1 Å². The van der Waals surface area contributed by atoms with Crippen molar-refractivity contribution in [3.63, 3.8) is 0 Å². The van der Waals surface area contributed by atoms with Gasteiger partial charge < -0.3 is 9.47 Å². The molecule has 30 heavy (non-hydrogen) atoms. The Morgan fingerprint density at radius 1 is 1.23 bits per heavy atom. The number of anilines is 1. The topological polar surface area (TPSA) is 85.8 Å². The van der Waals surface area contributed by atoms with Gasteiger partial charge >= 0.3 is 5.97 Å². The highest BCUT2D eigenvalue weighted by atomic mass is 35.5. The number of thiazole rings is 1. The molecule has 2 aromatic carbocycles. The molecule has 0 amide bonds. The Kier molecular flexibility index (Phi) is 6.64. The molecular formula is C20H19ClN2O5S2. The molecule has 3 rings (SSSR count). The lowest BCUT2D eigenvalue weighted by Gasteiger charge is -2.22. The number of aromatic nitrogens is 1. The van der Waals surface area contributed by atoms with Crippen LogP contribution in [0, 0.1) is 6.92 Å². The molecule has 1 aromatic heterocycles. The zero-order chi connectivity index (χ0) is 21.9. The van der Waals surface area contributed by atoms with Crippen molar-refractivity contribution in [2.45, 2.75) is 18.4 Å². The van der Waals surface area contributed by atoms with Gasteiger partial charge in [0.05, 0.1) is 39.0 Å². The number of carbonyl (C=O) groups excluding carboxylic acids is 1. The standard InChI is InChI=1S/C20H19ClN2O5S2/c1-13-22-14(12-29-13)11-28-20(24)16-10-15(8-9-17(16)21)30(25,26)23(2)18-6-4-5-7-19(18)27-3/h4-10,12H,11H2,1-3H3. The molecule has 0 unspecified atom stereocenters. The molecule has 0 aliphatic carbocycles. The van der Waals surface area contributed by atoms with E-state index in [1.54, 1.807) is 29.6 Å². The summed E-state index contributed by atoms with van der Waals surface area (Å²) in [6.07, 6.45) is 0. The van der Waals surface area contributed by atoms with Crippen molar-refractivity contribution in [1.29, 1.82) is 0 Å². The normalized spacial score (nSPS) is 11.2. The maximum absolute atomic E-state index is 13.1. The first-order valence-corrected chi connectivity index (χ1v) is 11.4. The van der Waals surface area contributed by atoms with Crippen molar-refractivity contribution in [3.8, 4) is 5.75 Å². The summed E-state index contributed by atoms with van der Waals surface area (Å²) in [6.45, 7) is 1.82. The second kappa shape index (κ2) is 9.03. The molecule has 1 heterocycles. The molecule has 0 N–H and O–H groups in total. The Morgan fingerprint density at radius 3 is 2.63 bits per heavy atom. The molecule has 10 heteroatoms. The van der Waals surface area contributed by atoms with Crippen LogP contribution in [0.4, 0.5) is 5.69 Å². The van der Waals surface area contributed by atoms with E-state index in [1.807, 2.05) is 6.92 Å². The van der Waals surface area contributed by atoms with E-state index in [-0.39, 0.29) is 22.1 Å². The number of hydrogen-bond donors (Lipinski definition) is 0. The van der Waals surface area contributed by atoms with Crippen LogP contribution in [-0.4, -0.2) is 33.5 Å². The highest BCUT2D eigenvalue weighted by Crippen LogP contribution is 2.32. The minimum atomic E-state index is -3.98. The fourth-order valence-electron chi connectivity index (χ4n) is 2.69. The number of para-hydroxylation sites is 2. The number of rotatable bonds is 7. The van der Waals surface area contributed by atoms with E-state index in [9.17, 15) is 13.2 Å². The Bertz CT molecular complexity index is 1180. The monoisotopic (exact) mass is 466 g/mol. The quantitative estimate of drug-likeness (QED) is 0.483. The summed E-state index contributed by atoms with van der Waals surface area (Å²) in [7, 11) is -1.12. The third-order valence-corrected chi connectivity index (χ3v) is 7.18. The smallest absolute Gasteiger partial charge is 0.340 e. The Morgan fingerprint density at radius 2 is 1.97 bits per heavy atom. The molecule has 0 aliphatic heterocycles. The number of hydrogen-bond acceptors (Lipinski definition) is 7. The minimum absolute atomic E-state index is 0.0302. The van der Waals surface area contributed by atoms with Crippen molar-refractivity contribution >= 4 is 44.6 Å². The van der Waals surface area contributed by atoms with E-state index in [2.05, 4.69) is 4.98 Å². The maximum Gasteiger partial charge on any atom is 0.340 e. The number of nitrogens with zero attached hydrogens (tertiary/aromatic N) is 2. The van der Waals surface area contributed by atoms with Gasteiger partial charge in [0.15, 0.2) is 0 Å². The molecule has 0 atom stereocenters. The summed E-state index contributed by atoms with van der Waals surface area (Å²) in [5.74, 6) is -0.335. The number of ether oxygens (including phenoxy) is 2. The van der Waals surface area contributed by atoms with Gasteiger partial charge in [0.2, 0.25) is 0 Å². The molecule has 0 radical (unpaired) electrons. The summed E-state index contributed by atoms with van der Waals surface area (Å²) in [5.41, 5.74) is 0.928. The molecule has 158 valence electrons. The van der Waals surface area contributed by atoms with Crippen LogP contribution in [0.5, 0.6) is 5.75 Å². The fraction of sp³-hybridized carbons (Fsp3) is 0.200. The first kappa shape index (κ1) is 22.1. The van der Waals surface area contributed by atoms with Gasteiger partial charge in [-0.25, -0.2) is 18.2 Å². The number of halogens is 1. The first-order valence-electron chi connectivity index (χ1n) is 8.73. The zero-order valence-corrected chi connectivity index (χ0v) is 18.8. The van der Waals surface area contributed by atoms with Gasteiger partial charge in [0, 0.05) is 12.4 Å². The highest BCUT2D eigenvalue weighted by molar-refractivity contribution is 7.92. The van der Waals surface area contributed by atoms with Crippen molar-refractivity contribution < 1.29 is 22.7 Å². The average Bonchev–Trinajstić information content (AvgIpc) is 3.16. The molecule has 0 saturated carbocycles.